The Bertz CT molecular complexity index is 980. The normalized spacial score (nSPS) is 11.1. The van der Waals surface area contributed by atoms with E-state index in [1.165, 1.54) is 30.3 Å². The molecule has 1 aromatic heterocycles. The lowest BCUT2D eigenvalue weighted by molar-refractivity contribution is 0.601. The summed E-state index contributed by atoms with van der Waals surface area (Å²) >= 11 is 5.91. The van der Waals surface area contributed by atoms with E-state index in [4.69, 9.17) is 11.6 Å². The Labute approximate surface area is 148 Å². The van der Waals surface area contributed by atoms with Crippen LogP contribution in [0.15, 0.2) is 65.6 Å². The Morgan fingerprint density at radius 1 is 0.880 bits per heavy atom. The number of sulfonamides is 1. The van der Waals surface area contributed by atoms with Crippen LogP contribution in [0.5, 0.6) is 0 Å². The quantitative estimate of drug-likeness (QED) is 0.705. The molecular weight excluding hydrogens is 367 g/mol. The molecule has 9 heteroatoms. The molecule has 0 spiro atoms. The second-order valence-corrected chi connectivity index (χ2v) is 7.03. The largest absolute Gasteiger partial charge is 0.339 e. The van der Waals surface area contributed by atoms with Crippen molar-refractivity contribution < 1.29 is 12.8 Å². The summed E-state index contributed by atoms with van der Waals surface area (Å²) in [5.41, 5.74) is 0.625. The summed E-state index contributed by atoms with van der Waals surface area (Å²) in [6.07, 6.45) is 0. The summed E-state index contributed by atoms with van der Waals surface area (Å²) in [6.45, 7) is 0. The van der Waals surface area contributed by atoms with Crippen molar-refractivity contribution in [1.29, 1.82) is 0 Å². The molecule has 2 N–H and O–H groups in total. The lowest BCUT2D eigenvalue weighted by Crippen LogP contribution is -2.14. The van der Waals surface area contributed by atoms with Crippen molar-refractivity contribution in [3.05, 3.63) is 71.5 Å². The highest BCUT2D eigenvalue weighted by molar-refractivity contribution is 7.92. The van der Waals surface area contributed by atoms with E-state index in [2.05, 4.69) is 20.2 Å². The van der Waals surface area contributed by atoms with Crippen molar-refractivity contribution in [3.63, 3.8) is 0 Å². The Kier molecular flexibility index (Phi) is 4.82. The Morgan fingerprint density at radius 2 is 1.52 bits per heavy atom. The molecule has 25 heavy (non-hydrogen) atoms. The van der Waals surface area contributed by atoms with Crippen LogP contribution in [-0.2, 0) is 10.0 Å². The molecule has 0 aliphatic heterocycles. The molecule has 1 heterocycles. The van der Waals surface area contributed by atoms with Gasteiger partial charge in [0.1, 0.15) is 10.7 Å². The van der Waals surface area contributed by atoms with Crippen LogP contribution in [0.1, 0.15) is 0 Å². The van der Waals surface area contributed by atoms with Gasteiger partial charge in [0.15, 0.2) is 11.6 Å². The van der Waals surface area contributed by atoms with Gasteiger partial charge < -0.3 is 5.32 Å². The number of nitrogens with zero attached hydrogens (tertiary/aromatic N) is 2. The van der Waals surface area contributed by atoms with Crippen molar-refractivity contribution in [3.8, 4) is 0 Å². The molecule has 0 unspecified atom stereocenters. The third kappa shape index (κ3) is 4.23. The molecule has 0 saturated carbocycles. The van der Waals surface area contributed by atoms with Gasteiger partial charge in [0.05, 0.1) is 5.02 Å². The summed E-state index contributed by atoms with van der Waals surface area (Å²) in [4.78, 5) is -0.0491. The minimum atomic E-state index is -3.87. The van der Waals surface area contributed by atoms with Crippen LogP contribution in [0.3, 0.4) is 0 Å². The average molecular weight is 379 g/mol. The molecule has 0 atom stereocenters. The molecule has 0 fully saturated rings. The highest BCUT2D eigenvalue weighted by Gasteiger charge is 2.18. The van der Waals surface area contributed by atoms with E-state index < -0.39 is 10.0 Å². The molecule has 0 aliphatic carbocycles. The number of hydrogen-bond donors (Lipinski definition) is 2. The van der Waals surface area contributed by atoms with Crippen molar-refractivity contribution in [1.82, 2.24) is 10.2 Å². The topological polar surface area (TPSA) is 84.0 Å². The summed E-state index contributed by atoms with van der Waals surface area (Å²) < 4.78 is 39.8. The van der Waals surface area contributed by atoms with Crippen LogP contribution in [-0.4, -0.2) is 18.6 Å². The summed E-state index contributed by atoms with van der Waals surface area (Å²) in [6, 6.07) is 14.8. The van der Waals surface area contributed by atoms with Crippen LogP contribution < -0.4 is 10.0 Å². The third-order valence-electron chi connectivity index (χ3n) is 3.15. The van der Waals surface area contributed by atoms with Crippen LogP contribution >= 0.6 is 11.6 Å². The SMILES string of the molecule is O=S(=O)(Nc1ccc(Nc2ccc(F)cc2)nn1)c1ccccc1Cl. The summed E-state index contributed by atoms with van der Waals surface area (Å²) in [7, 11) is -3.87. The fourth-order valence-corrected chi connectivity index (χ4v) is 3.51. The first kappa shape index (κ1) is 17.1. The molecule has 0 amide bonds. The molecule has 0 aliphatic rings. The van der Waals surface area contributed by atoms with Crippen LogP contribution in [0.2, 0.25) is 5.02 Å². The molecular formula is C16H12ClFN4O2S. The third-order valence-corrected chi connectivity index (χ3v) is 5.00. The first-order chi connectivity index (χ1) is 11.9. The van der Waals surface area contributed by atoms with E-state index >= 15 is 0 Å². The zero-order valence-electron chi connectivity index (χ0n) is 12.6. The summed E-state index contributed by atoms with van der Waals surface area (Å²) in [5.74, 6) is 0.0813. The molecule has 0 saturated heterocycles. The minimum Gasteiger partial charge on any atom is -0.339 e. The van der Waals surface area contributed by atoms with Crippen molar-refractivity contribution in [2.45, 2.75) is 4.90 Å². The standard InChI is InChI=1S/C16H12ClFN4O2S/c17-13-3-1-2-4-14(13)25(23,24)22-16-10-9-15(20-21-16)19-12-7-5-11(18)6-8-12/h1-10H,(H,19,20)(H,21,22). The number of benzene rings is 2. The zero-order valence-corrected chi connectivity index (χ0v) is 14.2. The molecule has 3 rings (SSSR count). The zero-order chi connectivity index (χ0) is 17.9. The highest BCUT2D eigenvalue weighted by atomic mass is 35.5. The number of aromatic nitrogens is 2. The predicted octanol–water partition coefficient (Wildman–Crippen LogP) is 3.81. The van der Waals surface area contributed by atoms with E-state index in [9.17, 15) is 12.8 Å². The first-order valence-electron chi connectivity index (χ1n) is 7.08. The number of hydrogen-bond acceptors (Lipinski definition) is 5. The molecule has 0 bridgehead atoms. The van der Waals surface area contributed by atoms with Crippen LogP contribution in [0, 0.1) is 5.82 Å². The smallest absolute Gasteiger partial charge is 0.264 e. The van der Waals surface area contributed by atoms with Gasteiger partial charge in [-0.05, 0) is 48.5 Å². The van der Waals surface area contributed by atoms with E-state index in [1.54, 1.807) is 30.3 Å². The maximum Gasteiger partial charge on any atom is 0.264 e. The monoisotopic (exact) mass is 378 g/mol. The number of rotatable bonds is 5. The van der Waals surface area contributed by atoms with E-state index in [0.717, 1.165) is 0 Å². The molecule has 6 nitrogen and oxygen atoms in total. The Hall–Kier alpha value is -2.71. The lowest BCUT2D eigenvalue weighted by Gasteiger charge is -2.09. The fraction of sp³-hybridized carbons (Fsp3) is 0. The Balaban J connectivity index is 1.74. The van der Waals surface area contributed by atoms with E-state index in [-0.39, 0.29) is 21.6 Å². The minimum absolute atomic E-state index is 0.0459. The van der Waals surface area contributed by atoms with Crippen molar-refractivity contribution in [2.24, 2.45) is 0 Å². The van der Waals surface area contributed by atoms with Gasteiger partial charge in [-0.15, -0.1) is 10.2 Å². The van der Waals surface area contributed by atoms with Gasteiger partial charge in [0.25, 0.3) is 10.0 Å². The van der Waals surface area contributed by atoms with Gasteiger partial charge in [-0.3, -0.25) is 4.72 Å². The van der Waals surface area contributed by atoms with Crippen LogP contribution in [0.25, 0.3) is 0 Å². The van der Waals surface area contributed by atoms with Crippen molar-refractivity contribution >= 4 is 38.9 Å². The van der Waals surface area contributed by atoms with Gasteiger partial charge in [0.2, 0.25) is 0 Å². The van der Waals surface area contributed by atoms with Gasteiger partial charge in [0, 0.05) is 5.69 Å². The first-order valence-corrected chi connectivity index (χ1v) is 8.94. The number of anilines is 3. The van der Waals surface area contributed by atoms with Crippen molar-refractivity contribution in [2.75, 3.05) is 10.0 Å². The van der Waals surface area contributed by atoms with Gasteiger partial charge >= 0.3 is 0 Å². The van der Waals surface area contributed by atoms with Gasteiger partial charge in [-0.25, -0.2) is 12.8 Å². The maximum atomic E-state index is 12.9. The van der Waals surface area contributed by atoms with Gasteiger partial charge in [-0.2, -0.15) is 0 Å². The van der Waals surface area contributed by atoms with E-state index in [1.807, 2.05) is 0 Å². The van der Waals surface area contributed by atoms with E-state index in [0.29, 0.717) is 11.5 Å². The van der Waals surface area contributed by atoms with Gasteiger partial charge in [-0.1, -0.05) is 23.7 Å². The molecule has 128 valence electrons. The number of halogens is 2. The fourth-order valence-electron chi connectivity index (χ4n) is 1.99. The summed E-state index contributed by atoms with van der Waals surface area (Å²) in [5, 5.41) is 10.7. The maximum absolute atomic E-state index is 12.9. The Morgan fingerprint density at radius 3 is 2.16 bits per heavy atom. The lowest BCUT2D eigenvalue weighted by atomic mass is 10.3. The molecule has 0 radical (unpaired) electrons. The molecule has 2 aromatic carbocycles. The molecule has 3 aromatic rings. The second kappa shape index (κ2) is 7.04. The highest BCUT2D eigenvalue weighted by Crippen LogP contribution is 2.23. The second-order valence-electron chi connectivity index (χ2n) is 4.97. The van der Waals surface area contributed by atoms with Crippen LogP contribution in [0.4, 0.5) is 21.7 Å². The average Bonchev–Trinajstić information content (AvgIpc) is 2.59. The number of nitrogens with one attached hydrogen (secondary N) is 2. The predicted molar refractivity (Wildman–Crippen MR) is 94.0 cm³/mol.